The summed E-state index contributed by atoms with van der Waals surface area (Å²) in [7, 11) is 1.99. The molecule has 31 heavy (non-hydrogen) atoms. The van der Waals surface area contributed by atoms with E-state index in [-0.39, 0.29) is 36.1 Å². The van der Waals surface area contributed by atoms with Gasteiger partial charge in [-0.25, -0.2) is 4.98 Å². The number of pyridine rings is 1. The molecular formula is C24H35Cl2N3O2. The van der Waals surface area contributed by atoms with E-state index in [0.29, 0.717) is 17.4 Å². The summed E-state index contributed by atoms with van der Waals surface area (Å²) in [6.07, 6.45) is 4.95. The molecule has 1 amide bonds. The van der Waals surface area contributed by atoms with Gasteiger partial charge >= 0.3 is 0 Å². The van der Waals surface area contributed by atoms with Gasteiger partial charge in [0, 0.05) is 25.4 Å². The van der Waals surface area contributed by atoms with Gasteiger partial charge < -0.3 is 15.0 Å². The molecule has 5 nitrogen and oxygen atoms in total. The van der Waals surface area contributed by atoms with Crippen LogP contribution in [0.1, 0.15) is 56.0 Å². The minimum absolute atomic E-state index is 0. The lowest BCUT2D eigenvalue weighted by Crippen LogP contribution is -2.39. The van der Waals surface area contributed by atoms with Crippen LogP contribution in [0.3, 0.4) is 0 Å². The maximum absolute atomic E-state index is 12.8. The number of carbonyl (C=O) groups excluding carboxylic acids is 1. The molecule has 2 aromatic rings. The van der Waals surface area contributed by atoms with E-state index in [0.717, 1.165) is 38.2 Å². The van der Waals surface area contributed by atoms with E-state index < -0.39 is 0 Å². The summed E-state index contributed by atoms with van der Waals surface area (Å²) in [5.41, 5.74) is 1.99. The van der Waals surface area contributed by atoms with Crippen molar-refractivity contribution >= 4 is 30.7 Å². The zero-order chi connectivity index (χ0) is 20.9. The molecule has 2 heterocycles. The molecule has 0 atom stereocenters. The second-order valence-corrected chi connectivity index (χ2v) is 8.89. The van der Waals surface area contributed by atoms with Crippen molar-refractivity contribution in [2.45, 2.75) is 45.4 Å². The average Bonchev–Trinajstić information content (AvgIpc) is 2.72. The zero-order valence-electron chi connectivity index (χ0n) is 18.9. The van der Waals surface area contributed by atoms with Gasteiger partial charge in [0.05, 0.1) is 5.56 Å². The van der Waals surface area contributed by atoms with Gasteiger partial charge in [0.2, 0.25) is 5.88 Å². The van der Waals surface area contributed by atoms with Crippen molar-refractivity contribution in [1.82, 2.24) is 15.2 Å². The molecule has 3 rings (SSSR count). The molecule has 1 aromatic carbocycles. The van der Waals surface area contributed by atoms with Crippen LogP contribution in [-0.4, -0.2) is 42.5 Å². The van der Waals surface area contributed by atoms with Crippen LogP contribution in [0.2, 0.25) is 0 Å². The monoisotopic (exact) mass is 467 g/mol. The van der Waals surface area contributed by atoms with Gasteiger partial charge in [-0.3, -0.25) is 4.79 Å². The predicted molar refractivity (Wildman–Crippen MR) is 131 cm³/mol. The second-order valence-electron chi connectivity index (χ2n) is 8.89. The number of benzene rings is 1. The van der Waals surface area contributed by atoms with E-state index in [9.17, 15) is 4.79 Å². The first kappa shape index (κ1) is 27.2. The highest BCUT2D eigenvalue weighted by atomic mass is 35.5. The van der Waals surface area contributed by atoms with Crippen molar-refractivity contribution in [3.63, 3.8) is 0 Å². The van der Waals surface area contributed by atoms with Crippen LogP contribution in [0.4, 0.5) is 0 Å². The topological polar surface area (TPSA) is 54.5 Å². The summed E-state index contributed by atoms with van der Waals surface area (Å²) < 4.78 is 5.84. The third-order valence-corrected chi connectivity index (χ3v) is 5.63. The van der Waals surface area contributed by atoms with Crippen molar-refractivity contribution in [3.8, 4) is 11.6 Å². The summed E-state index contributed by atoms with van der Waals surface area (Å²) in [6.45, 7) is 9.25. The number of carbonyl (C=O) groups is 1. The molecule has 0 spiro atoms. The number of amides is 1. The number of aromatic nitrogens is 1. The minimum atomic E-state index is 0. The van der Waals surface area contributed by atoms with E-state index in [1.807, 2.05) is 24.1 Å². The highest BCUT2D eigenvalue weighted by molar-refractivity contribution is 5.94. The van der Waals surface area contributed by atoms with Crippen molar-refractivity contribution in [2.24, 2.45) is 5.92 Å². The number of hydrogen-bond donors (Lipinski definition) is 1. The Balaban J connectivity index is 0.00000240. The lowest BCUT2D eigenvalue weighted by molar-refractivity contribution is 0.0686. The molecule has 172 valence electrons. The Morgan fingerprint density at radius 2 is 1.74 bits per heavy atom. The molecule has 1 aliphatic heterocycles. The normalized spacial score (nSPS) is 14.4. The maximum Gasteiger partial charge on any atom is 0.255 e. The summed E-state index contributed by atoms with van der Waals surface area (Å²) >= 11 is 0. The Labute approximate surface area is 198 Å². The van der Waals surface area contributed by atoms with Crippen molar-refractivity contribution in [3.05, 3.63) is 53.7 Å². The van der Waals surface area contributed by atoms with E-state index in [2.05, 4.69) is 43.2 Å². The quantitative estimate of drug-likeness (QED) is 0.610. The molecule has 1 saturated heterocycles. The highest BCUT2D eigenvalue weighted by Gasteiger charge is 2.23. The summed E-state index contributed by atoms with van der Waals surface area (Å²) in [4.78, 5) is 19.0. The molecule has 0 aliphatic carbocycles. The van der Waals surface area contributed by atoms with Crippen LogP contribution in [0.5, 0.6) is 11.6 Å². The third-order valence-electron chi connectivity index (χ3n) is 5.63. The van der Waals surface area contributed by atoms with Crippen LogP contribution < -0.4 is 10.1 Å². The van der Waals surface area contributed by atoms with Gasteiger partial charge in [0.1, 0.15) is 5.75 Å². The van der Waals surface area contributed by atoms with Gasteiger partial charge in [-0.1, -0.05) is 32.9 Å². The molecule has 1 fully saturated rings. The van der Waals surface area contributed by atoms with E-state index in [1.165, 1.54) is 12.0 Å². The van der Waals surface area contributed by atoms with E-state index in [4.69, 9.17) is 4.74 Å². The summed E-state index contributed by atoms with van der Waals surface area (Å²) in [5, 5.41) is 3.21. The van der Waals surface area contributed by atoms with Crippen LogP contribution in [0.25, 0.3) is 0 Å². The predicted octanol–water partition coefficient (Wildman–Crippen LogP) is 5.48. The first-order chi connectivity index (χ1) is 13.9. The number of likely N-dealkylation sites (tertiary alicyclic amines) is 1. The van der Waals surface area contributed by atoms with E-state index in [1.54, 1.807) is 18.3 Å². The third kappa shape index (κ3) is 7.67. The molecule has 1 aromatic heterocycles. The fraction of sp³-hybridized carbons (Fsp3) is 0.500. The smallest absolute Gasteiger partial charge is 0.255 e. The van der Waals surface area contributed by atoms with Gasteiger partial charge in [-0.05, 0) is 68.0 Å². The Kier molecular flexibility index (Phi) is 10.8. The first-order valence-electron chi connectivity index (χ1n) is 10.5. The lowest BCUT2D eigenvalue weighted by atomic mass is 9.87. The number of rotatable bonds is 6. The molecule has 0 bridgehead atoms. The van der Waals surface area contributed by atoms with Crippen LogP contribution in [0.15, 0.2) is 42.6 Å². The molecule has 0 unspecified atom stereocenters. The Hall–Kier alpha value is -1.82. The molecule has 7 heteroatoms. The second kappa shape index (κ2) is 12.3. The van der Waals surface area contributed by atoms with Crippen LogP contribution in [0, 0.1) is 5.92 Å². The molecular weight excluding hydrogens is 433 g/mol. The standard InChI is InChI=1S/C24H33N3O2.2ClH/c1-24(2,3)20-6-8-21(9-7-20)29-22-10-5-19(17-26-22)23(28)27-15-12-18(13-16-27)11-14-25-4;;/h5-10,17-18,25H,11-16H2,1-4H3;2*1H. The summed E-state index contributed by atoms with van der Waals surface area (Å²) in [6, 6.07) is 11.6. The fourth-order valence-corrected chi connectivity index (χ4v) is 3.67. The largest absolute Gasteiger partial charge is 0.439 e. The first-order valence-corrected chi connectivity index (χ1v) is 10.5. The number of nitrogens with one attached hydrogen (secondary N) is 1. The highest BCUT2D eigenvalue weighted by Crippen LogP contribution is 2.27. The number of hydrogen-bond acceptors (Lipinski definition) is 4. The zero-order valence-corrected chi connectivity index (χ0v) is 20.5. The Bertz CT molecular complexity index is 797. The van der Waals surface area contributed by atoms with Gasteiger partial charge in [0.25, 0.3) is 5.91 Å². The fourth-order valence-electron chi connectivity index (χ4n) is 3.67. The molecule has 0 radical (unpaired) electrons. The lowest BCUT2D eigenvalue weighted by Gasteiger charge is -2.32. The minimum Gasteiger partial charge on any atom is -0.439 e. The number of ether oxygens (including phenoxy) is 1. The van der Waals surface area contributed by atoms with Gasteiger partial charge in [-0.15, -0.1) is 24.8 Å². The van der Waals surface area contributed by atoms with Crippen molar-refractivity contribution < 1.29 is 9.53 Å². The number of nitrogens with zero attached hydrogens (tertiary/aromatic N) is 2. The summed E-state index contributed by atoms with van der Waals surface area (Å²) in [5.74, 6) is 2.01. The molecule has 0 saturated carbocycles. The van der Waals surface area contributed by atoms with Crippen LogP contribution >= 0.6 is 24.8 Å². The number of piperidine rings is 1. The van der Waals surface area contributed by atoms with Crippen LogP contribution in [-0.2, 0) is 5.41 Å². The maximum atomic E-state index is 12.8. The Morgan fingerprint density at radius 3 is 2.26 bits per heavy atom. The average molecular weight is 468 g/mol. The SMILES string of the molecule is CNCCC1CCN(C(=O)c2ccc(Oc3ccc(C(C)(C)C)cc3)nc2)CC1.Cl.Cl. The Morgan fingerprint density at radius 1 is 1.10 bits per heavy atom. The van der Waals surface area contributed by atoms with E-state index >= 15 is 0 Å². The van der Waals surface area contributed by atoms with Crippen molar-refractivity contribution in [2.75, 3.05) is 26.7 Å². The van der Waals surface area contributed by atoms with Gasteiger partial charge in [-0.2, -0.15) is 0 Å². The van der Waals surface area contributed by atoms with Gasteiger partial charge in [0.15, 0.2) is 0 Å². The van der Waals surface area contributed by atoms with Crippen molar-refractivity contribution in [1.29, 1.82) is 0 Å². The molecule has 1 N–H and O–H groups in total. The number of halogens is 2. The molecule has 1 aliphatic rings.